The van der Waals surface area contributed by atoms with E-state index in [0.29, 0.717) is 5.41 Å². The minimum atomic E-state index is 0.604. The van der Waals surface area contributed by atoms with Gasteiger partial charge in [-0.1, -0.05) is 24.5 Å². The molecule has 0 aliphatic heterocycles. The first-order chi connectivity index (χ1) is 5.13. The van der Waals surface area contributed by atoms with Crippen molar-refractivity contribution in [2.24, 2.45) is 11.3 Å². The van der Waals surface area contributed by atoms with E-state index in [2.05, 4.69) is 20.8 Å². The third-order valence-electron chi connectivity index (χ3n) is 4.09. The van der Waals surface area contributed by atoms with Crippen molar-refractivity contribution in [1.29, 1.82) is 0 Å². The zero-order valence-electron chi connectivity index (χ0n) is 7.91. The van der Waals surface area contributed by atoms with Gasteiger partial charge in [0, 0.05) is 0 Å². The minimum absolute atomic E-state index is 0.604. The van der Waals surface area contributed by atoms with Crippen molar-refractivity contribution in [3.63, 3.8) is 0 Å². The van der Waals surface area contributed by atoms with Gasteiger partial charge in [-0.25, -0.2) is 0 Å². The monoisotopic (exact) mass is 150 g/mol. The van der Waals surface area contributed by atoms with E-state index in [1.807, 2.05) is 0 Å². The average Bonchev–Trinajstić information content (AvgIpc) is 2.13. The molecule has 0 heteroatoms. The first-order valence-electron chi connectivity index (χ1n) is 4.81. The number of rotatable bonds is 0. The van der Waals surface area contributed by atoms with Gasteiger partial charge < -0.3 is 0 Å². The Labute approximate surface area is 69.7 Å². The van der Waals surface area contributed by atoms with E-state index < -0.39 is 0 Å². The third kappa shape index (κ3) is 0.881. The van der Waals surface area contributed by atoms with Crippen LogP contribution in [0.1, 0.15) is 46.5 Å². The Hall–Kier alpha value is -0.260. The molecule has 1 fully saturated rings. The van der Waals surface area contributed by atoms with Crippen molar-refractivity contribution < 1.29 is 0 Å². The first kappa shape index (κ1) is 7.39. The summed E-state index contributed by atoms with van der Waals surface area (Å²) >= 11 is 0. The van der Waals surface area contributed by atoms with Gasteiger partial charge in [0.15, 0.2) is 0 Å². The van der Waals surface area contributed by atoms with Gasteiger partial charge in [-0.2, -0.15) is 0 Å². The van der Waals surface area contributed by atoms with E-state index in [9.17, 15) is 0 Å². The van der Waals surface area contributed by atoms with E-state index in [1.165, 1.54) is 25.7 Å². The van der Waals surface area contributed by atoms with E-state index >= 15 is 0 Å². The van der Waals surface area contributed by atoms with Crippen LogP contribution < -0.4 is 0 Å². The summed E-state index contributed by atoms with van der Waals surface area (Å²) in [5.74, 6) is 0.953. The van der Waals surface area contributed by atoms with Gasteiger partial charge in [-0.3, -0.25) is 0 Å². The topological polar surface area (TPSA) is 0 Å². The lowest BCUT2D eigenvalue weighted by molar-refractivity contribution is 0.255. The SMILES string of the molecule is CC1=C(C)C2(C)CCCC1C2. The molecular weight excluding hydrogens is 132 g/mol. The Kier molecular flexibility index (Phi) is 1.42. The van der Waals surface area contributed by atoms with E-state index in [-0.39, 0.29) is 0 Å². The highest BCUT2D eigenvalue weighted by molar-refractivity contribution is 5.28. The molecule has 0 aromatic carbocycles. The second-order valence-electron chi connectivity index (χ2n) is 4.66. The van der Waals surface area contributed by atoms with Crippen molar-refractivity contribution in [2.45, 2.75) is 46.5 Å². The summed E-state index contributed by atoms with van der Waals surface area (Å²) < 4.78 is 0. The number of allylic oxidation sites excluding steroid dienone is 2. The van der Waals surface area contributed by atoms with Crippen LogP contribution in [0.15, 0.2) is 11.1 Å². The van der Waals surface area contributed by atoms with Crippen molar-refractivity contribution >= 4 is 0 Å². The van der Waals surface area contributed by atoms with Crippen LogP contribution in [0.2, 0.25) is 0 Å². The van der Waals surface area contributed by atoms with E-state index in [4.69, 9.17) is 0 Å². The summed E-state index contributed by atoms with van der Waals surface area (Å²) in [6.45, 7) is 7.14. The molecule has 0 radical (unpaired) electrons. The summed E-state index contributed by atoms with van der Waals surface area (Å²) in [4.78, 5) is 0. The number of fused-ring (bicyclic) bond motifs is 2. The van der Waals surface area contributed by atoms with E-state index in [1.54, 1.807) is 11.1 Å². The Bertz CT molecular complexity index is 212. The molecule has 0 spiro atoms. The maximum absolute atomic E-state index is 2.45. The lowest BCUT2D eigenvalue weighted by Crippen LogP contribution is -2.19. The predicted molar refractivity (Wildman–Crippen MR) is 48.4 cm³/mol. The van der Waals surface area contributed by atoms with Gasteiger partial charge in [-0.05, 0) is 44.4 Å². The molecule has 2 atom stereocenters. The molecule has 0 nitrogen and oxygen atoms in total. The number of hydrogen-bond donors (Lipinski definition) is 0. The van der Waals surface area contributed by atoms with Gasteiger partial charge in [0.2, 0.25) is 0 Å². The van der Waals surface area contributed by atoms with Crippen LogP contribution in [0, 0.1) is 11.3 Å². The molecule has 2 unspecified atom stereocenters. The van der Waals surface area contributed by atoms with Crippen LogP contribution in [-0.4, -0.2) is 0 Å². The standard InChI is InChI=1S/C11H18/c1-8-9(2)11(3)6-4-5-10(8)7-11/h10H,4-7H2,1-3H3. The molecule has 11 heavy (non-hydrogen) atoms. The molecule has 0 heterocycles. The van der Waals surface area contributed by atoms with Gasteiger partial charge in [0.05, 0.1) is 0 Å². The molecule has 0 amide bonds. The average molecular weight is 150 g/mol. The van der Waals surface area contributed by atoms with Gasteiger partial charge in [-0.15, -0.1) is 0 Å². The summed E-state index contributed by atoms with van der Waals surface area (Å²) in [6, 6.07) is 0. The minimum Gasteiger partial charge on any atom is -0.0707 e. The molecule has 1 saturated carbocycles. The van der Waals surface area contributed by atoms with Crippen molar-refractivity contribution in [2.75, 3.05) is 0 Å². The van der Waals surface area contributed by atoms with Crippen molar-refractivity contribution in [3.05, 3.63) is 11.1 Å². The molecule has 2 rings (SSSR count). The Morgan fingerprint density at radius 2 is 2.09 bits per heavy atom. The first-order valence-corrected chi connectivity index (χ1v) is 4.81. The van der Waals surface area contributed by atoms with Gasteiger partial charge in [0.25, 0.3) is 0 Å². The number of hydrogen-bond acceptors (Lipinski definition) is 0. The molecule has 0 aromatic heterocycles. The molecule has 2 aliphatic carbocycles. The summed E-state index contributed by atoms with van der Waals surface area (Å²) in [6.07, 6.45) is 5.80. The molecular formula is C11H18. The maximum atomic E-state index is 2.45. The molecule has 0 N–H and O–H groups in total. The van der Waals surface area contributed by atoms with Crippen molar-refractivity contribution in [1.82, 2.24) is 0 Å². The second-order valence-corrected chi connectivity index (χ2v) is 4.66. The molecule has 2 aliphatic rings. The predicted octanol–water partition coefficient (Wildman–Crippen LogP) is 3.53. The zero-order valence-corrected chi connectivity index (χ0v) is 7.91. The maximum Gasteiger partial charge on any atom is -0.0111 e. The second kappa shape index (κ2) is 2.12. The summed E-state index contributed by atoms with van der Waals surface area (Å²) in [5, 5.41) is 0. The summed E-state index contributed by atoms with van der Waals surface area (Å²) in [5.41, 5.74) is 4.03. The normalized spacial score (nSPS) is 43.4. The molecule has 0 saturated heterocycles. The fraction of sp³-hybridized carbons (Fsp3) is 0.818. The molecule has 62 valence electrons. The Morgan fingerprint density at radius 1 is 1.36 bits per heavy atom. The van der Waals surface area contributed by atoms with Gasteiger partial charge >= 0.3 is 0 Å². The van der Waals surface area contributed by atoms with Crippen LogP contribution in [0.4, 0.5) is 0 Å². The van der Waals surface area contributed by atoms with Crippen LogP contribution in [0.3, 0.4) is 0 Å². The lowest BCUT2D eigenvalue weighted by Gasteiger charge is -2.31. The fourth-order valence-corrected chi connectivity index (χ4v) is 2.98. The highest BCUT2D eigenvalue weighted by atomic mass is 14.5. The molecule has 2 bridgehead atoms. The lowest BCUT2D eigenvalue weighted by atomic mass is 9.74. The van der Waals surface area contributed by atoms with Crippen molar-refractivity contribution in [3.8, 4) is 0 Å². The fourth-order valence-electron chi connectivity index (χ4n) is 2.98. The highest BCUT2D eigenvalue weighted by Gasteiger charge is 2.40. The Balaban J connectivity index is 2.39. The van der Waals surface area contributed by atoms with Crippen LogP contribution in [0.25, 0.3) is 0 Å². The largest absolute Gasteiger partial charge is 0.0707 e. The zero-order chi connectivity index (χ0) is 8.06. The molecule has 0 aromatic rings. The van der Waals surface area contributed by atoms with E-state index in [0.717, 1.165) is 5.92 Å². The smallest absolute Gasteiger partial charge is 0.0111 e. The Morgan fingerprint density at radius 3 is 2.64 bits per heavy atom. The van der Waals surface area contributed by atoms with Crippen LogP contribution >= 0.6 is 0 Å². The highest BCUT2D eigenvalue weighted by Crippen LogP contribution is 2.53. The van der Waals surface area contributed by atoms with Crippen LogP contribution in [0.5, 0.6) is 0 Å². The van der Waals surface area contributed by atoms with Crippen LogP contribution in [-0.2, 0) is 0 Å². The summed E-state index contributed by atoms with van der Waals surface area (Å²) in [7, 11) is 0. The quantitative estimate of drug-likeness (QED) is 0.463. The van der Waals surface area contributed by atoms with Gasteiger partial charge in [0.1, 0.15) is 0 Å². The third-order valence-corrected chi connectivity index (χ3v) is 4.09.